The standard InChI is InChI=1S/C23H29F3N4O2S/c1-22(2)16-29(19-6-8-20(9-7-19)33(31,32)23(24,25)26)17-30(22)15-18-10-11-27-21(14-18)28-12-4-3-5-13-28/h6-11,14H,3-5,12-13,15-17H2,1-2H3. The van der Waals surface area contributed by atoms with Gasteiger partial charge in [-0.15, -0.1) is 0 Å². The van der Waals surface area contributed by atoms with Gasteiger partial charge in [0.2, 0.25) is 0 Å². The van der Waals surface area contributed by atoms with Crippen molar-refractivity contribution in [2.24, 2.45) is 0 Å². The second-order valence-electron chi connectivity index (χ2n) is 9.36. The summed E-state index contributed by atoms with van der Waals surface area (Å²) < 4.78 is 61.7. The first-order valence-electron chi connectivity index (χ1n) is 11.1. The van der Waals surface area contributed by atoms with Crippen LogP contribution in [0.3, 0.4) is 0 Å². The molecule has 3 heterocycles. The summed E-state index contributed by atoms with van der Waals surface area (Å²) in [4.78, 5) is 10.5. The highest BCUT2D eigenvalue weighted by atomic mass is 32.2. The van der Waals surface area contributed by atoms with Gasteiger partial charge in [-0.25, -0.2) is 13.4 Å². The molecular weight excluding hydrogens is 453 g/mol. The van der Waals surface area contributed by atoms with Crippen LogP contribution in [0.5, 0.6) is 0 Å². The van der Waals surface area contributed by atoms with Crippen LogP contribution >= 0.6 is 0 Å². The van der Waals surface area contributed by atoms with E-state index in [0.29, 0.717) is 25.4 Å². The van der Waals surface area contributed by atoms with Crippen molar-refractivity contribution < 1.29 is 21.6 Å². The normalized spacial score (nSPS) is 19.8. The molecule has 2 aliphatic rings. The Hall–Kier alpha value is -2.33. The first-order valence-corrected chi connectivity index (χ1v) is 12.6. The van der Waals surface area contributed by atoms with Crippen LogP contribution in [-0.4, -0.2) is 55.7 Å². The number of piperidine rings is 1. The summed E-state index contributed by atoms with van der Waals surface area (Å²) in [5.41, 5.74) is -3.63. The smallest absolute Gasteiger partial charge is 0.357 e. The van der Waals surface area contributed by atoms with Crippen molar-refractivity contribution in [3.05, 3.63) is 48.2 Å². The van der Waals surface area contributed by atoms with E-state index in [1.54, 1.807) is 0 Å². The van der Waals surface area contributed by atoms with Crippen LogP contribution in [0, 0.1) is 0 Å². The summed E-state index contributed by atoms with van der Waals surface area (Å²) in [6.07, 6.45) is 5.48. The van der Waals surface area contributed by atoms with Crippen LogP contribution in [0.1, 0.15) is 38.7 Å². The zero-order chi connectivity index (χ0) is 23.9. The summed E-state index contributed by atoms with van der Waals surface area (Å²) in [5, 5.41) is 0. The number of sulfone groups is 1. The van der Waals surface area contributed by atoms with Crippen molar-refractivity contribution in [1.82, 2.24) is 9.88 Å². The summed E-state index contributed by atoms with van der Waals surface area (Å²) in [6.45, 7) is 8.28. The summed E-state index contributed by atoms with van der Waals surface area (Å²) in [7, 11) is -5.34. The van der Waals surface area contributed by atoms with Gasteiger partial charge in [-0.3, -0.25) is 4.90 Å². The lowest BCUT2D eigenvalue weighted by Gasteiger charge is -2.31. The molecule has 0 spiro atoms. The number of nitrogens with zero attached hydrogens (tertiary/aromatic N) is 4. The number of benzene rings is 1. The fraction of sp³-hybridized carbons (Fsp3) is 0.522. The Bertz CT molecular complexity index is 1080. The molecule has 33 heavy (non-hydrogen) atoms. The minimum absolute atomic E-state index is 0.175. The van der Waals surface area contributed by atoms with Crippen LogP contribution in [0.25, 0.3) is 0 Å². The second-order valence-corrected chi connectivity index (χ2v) is 11.3. The number of halogens is 3. The van der Waals surface area contributed by atoms with Crippen LogP contribution in [0.15, 0.2) is 47.5 Å². The highest BCUT2D eigenvalue weighted by molar-refractivity contribution is 7.92. The minimum atomic E-state index is -5.34. The van der Waals surface area contributed by atoms with Gasteiger partial charge in [0.15, 0.2) is 0 Å². The molecule has 0 saturated carbocycles. The van der Waals surface area contributed by atoms with Crippen molar-refractivity contribution in [3.8, 4) is 0 Å². The number of alkyl halides is 3. The Kier molecular flexibility index (Phi) is 6.34. The monoisotopic (exact) mass is 482 g/mol. The molecule has 0 unspecified atom stereocenters. The van der Waals surface area contributed by atoms with E-state index in [4.69, 9.17) is 0 Å². The van der Waals surface area contributed by atoms with E-state index in [1.807, 2.05) is 12.3 Å². The lowest BCUT2D eigenvalue weighted by atomic mass is 10.0. The third kappa shape index (κ3) is 4.96. The summed E-state index contributed by atoms with van der Waals surface area (Å²) >= 11 is 0. The van der Waals surface area contributed by atoms with E-state index in [9.17, 15) is 21.6 Å². The predicted octanol–water partition coefficient (Wildman–Crippen LogP) is 4.42. The maximum Gasteiger partial charge on any atom is 0.501 e. The lowest BCUT2D eigenvalue weighted by molar-refractivity contribution is -0.0436. The molecule has 1 aromatic carbocycles. The van der Waals surface area contributed by atoms with Gasteiger partial charge < -0.3 is 9.80 Å². The molecule has 0 atom stereocenters. The lowest BCUT2D eigenvalue weighted by Crippen LogP contribution is -2.39. The van der Waals surface area contributed by atoms with Crippen LogP contribution in [0.4, 0.5) is 24.7 Å². The van der Waals surface area contributed by atoms with Crippen LogP contribution in [-0.2, 0) is 16.4 Å². The zero-order valence-corrected chi connectivity index (χ0v) is 19.7. The molecule has 2 saturated heterocycles. The molecule has 1 aromatic heterocycles. The number of hydrogen-bond donors (Lipinski definition) is 0. The topological polar surface area (TPSA) is 56.8 Å². The molecule has 180 valence electrons. The van der Waals surface area contributed by atoms with Crippen molar-refractivity contribution in [2.45, 2.75) is 55.6 Å². The second kappa shape index (κ2) is 8.79. The number of hydrogen-bond acceptors (Lipinski definition) is 6. The maximum atomic E-state index is 12.8. The van der Waals surface area contributed by atoms with Gasteiger partial charge >= 0.3 is 5.51 Å². The van der Waals surface area contributed by atoms with Gasteiger partial charge in [0.25, 0.3) is 9.84 Å². The van der Waals surface area contributed by atoms with Gasteiger partial charge in [-0.2, -0.15) is 13.2 Å². The average Bonchev–Trinajstić information content (AvgIpc) is 3.08. The molecule has 2 aromatic rings. The largest absolute Gasteiger partial charge is 0.501 e. The van der Waals surface area contributed by atoms with Crippen molar-refractivity contribution in [1.29, 1.82) is 0 Å². The minimum Gasteiger partial charge on any atom is -0.357 e. The molecule has 10 heteroatoms. The third-order valence-corrected chi connectivity index (χ3v) is 7.96. The summed E-state index contributed by atoms with van der Waals surface area (Å²) in [5.74, 6) is 1.00. The summed E-state index contributed by atoms with van der Waals surface area (Å²) in [6, 6.07) is 9.10. The Morgan fingerprint density at radius 1 is 1.00 bits per heavy atom. The van der Waals surface area contributed by atoms with Crippen molar-refractivity contribution in [3.63, 3.8) is 0 Å². The Morgan fingerprint density at radius 2 is 1.67 bits per heavy atom. The van der Waals surface area contributed by atoms with E-state index >= 15 is 0 Å². The molecule has 2 fully saturated rings. The van der Waals surface area contributed by atoms with E-state index in [1.165, 1.54) is 31.4 Å². The Balaban J connectivity index is 1.47. The van der Waals surface area contributed by atoms with Crippen molar-refractivity contribution >= 4 is 21.3 Å². The number of anilines is 2. The number of aromatic nitrogens is 1. The molecule has 0 N–H and O–H groups in total. The van der Waals surface area contributed by atoms with Gasteiger partial charge in [-0.1, -0.05) is 0 Å². The predicted molar refractivity (Wildman–Crippen MR) is 122 cm³/mol. The highest BCUT2D eigenvalue weighted by Gasteiger charge is 2.47. The Labute approximate surface area is 192 Å². The fourth-order valence-corrected chi connectivity index (χ4v) is 5.26. The molecule has 0 radical (unpaired) electrons. The van der Waals surface area contributed by atoms with Gasteiger partial charge in [0.05, 0.1) is 11.6 Å². The molecule has 6 nitrogen and oxygen atoms in total. The third-order valence-electron chi connectivity index (χ3n) is 6.46. The first kappa shape index (κ1) is 23.8. The molecule has 4 rings (SSSR count). The first-order chi connectivity index (χ1) is 15.5. The van der Waals surface area contributed by atoms with Gasteiger partial charge in [0.1, 0.15) is 5.82 Å². The molecular formula is C23H29F3N4O2S. The van der Waals surface area contributed by atoms with Gasteiger partial charge in [-0.05, 0) is 75.1 Å². The van der Waals surface area contributed by atoms with Crippen molar-refractivity contribution in [2.75, 3.05) is 36.1 Å². The number of rotatable bonds is 5. The highest BCUT2D eigenvalue weighted by Crippen LogP contribution is 2.34. The molecule has 2 aliphatic heterocycles. The maximum absolute atomic E-state index is 12.8. The van der Waals surface area contributed by atoms with E-state index < -0.39 is 20.2 Å². The Morgan fingerprint density at radius 3 is 2.30 bits per heavy atom. The molecule has 0 amide bonds. The number of pyridine rings is 1. The molecule has 0 aliphatic carbocycles. The van der Waals surface area contributed by atoms with Crippen LogP contribution in [0.2, 0.25) is 0 Å². The SMILES string of the molecule is CC1(C)CN(c2ccc(S(=O)(=O)C(F)(F)F)cc2)CN1Cc1ccnc(N2CCCCC2)c1. The van der Waals surface area contributed by atoms with Crippen LogP contribution < -0.4 is 9.80 Å². The quantitative estimate of drug-likeness (QED) is 0.629. The fourth-order valence-electron chi connectivity index (χ4n) is 4.50. The van der Waals surface area contributed by atoms with E-state index in [-0.39, 0.29) is 5.54 Å². The van der Waals surface area contributed by atoms with E-state index in [0.717, 1.165) is 36.6 Å². The molecule has 0 bridgehead atoms. The average molecular weight is 483 g/mol. The zero-order valence-electron chi connectivity index (χ0n) is 18.8. The van der Waals surface area contributed by atoms with E-state index in [2.05, 4.69) is 39.6 Å². The van der Waals surface area contributed by atoms with Gasteiger partial charge in [0, 0.05) is 43.6 Å².